The van der Waals surface area contributed by atoms with Crippen LogP contribution in [0.25, 0.3) is 0 Å². The zero-order chi connectivity index (χ0) is 23.3. The SMILES string of the molecule is O=C(NCc1ccccc1)c1cc(NS(=O)(=O)c2ccc(Cl)cc2)ccc1N1CCNCC1. The van der Waals surface area contributed by atoms with Gasteiger partial charge in [-0.05, 0) is 48.0 Å². The van der Waals surface area contributed by atoms with Crippen molar-refractivity contribution in [2.45, 2.75) is 11.4 Å². The highest BCUT2D eigenvalue weighted by molar-refractivity contribution is 7.92. The minimum absolute atomic E-state index is 0.0909. The van der Waals surface area contributed by atoms with Crippen molar-refractivity contribution in [3.8, 4) is 0 Å². The molecule has 172 valence electrons. The molecule has 3 aromatic carbocycles. The first-order valence-electron chi connectivity index (χ1n) is 10.6. The van der Waals surface area contributed by atoms with E-state index in [1.54, 1.807) is 18.2 Å². The molecule has 0 bridgehead atoms. The van der Waals surface area contributed by atoms with Crippen molar-refractivity contribution in [1.29, 1.82) is 0 Å². The number of carbonyl (C=O) groups excluding carboxylic acids is 1. The van der Waals surface area contributed by atoms with Crippen molar-refractivity contribution in [2.24, 2.45) is 0 Å². The van der Waals surface area contributed by atoms with Gasteiger partial charge >= 0.3 is 0 Å². The maximum atomic E-state index is 13.2. The number of rotatable bonds is 7. The van der Waals surface area contributed by atoms with Crippen LogP contribution < -0.4 is 20.3 Å². The molecular formula is C24H25ClN4O3S. The molecule has 1 aliphatic heterocycles. The molecule has 1 heterocycles. The molecule has 0 unspecified atom stereocenters. The van der Waals surface area contributed by atoms with Gasteiger partial charge in [-0.25, -0.2) is 8.42 Å². The molecule has 0 radical (unpaired) electrons. The normalized spacial score (nSPS) is 14.0. The monoisotopic (exact) mass is 484 g/mol. The molecule has 0 aliphatic carbocycles. The average Bonchev–Trinajstić information content (AvgIpc) is 2.84. The number of nitrogens with one attached hydrogen (secondary N) is 3. The number of hydrogen-bond donors (Lipinski definition) is 3. The van der Waals surface area contributed by atoms with Crippen LogP contribution in [-0.4, -0.2) is 40.5 Å². The van der Waals surface area contributed by atoms with Gasteiger partial charge in [0.2, 0.25) is 0 Å². The van der Waals surface area contributed by atoms with Gasteiger partial charge in [-0.15, -0.1) is 0 Å². The molecule has 0 aromatic heterocycles. The van der Waals surface area contributed by atoms with E-state index in [1.165, 1.54) is 24.3 Å². The van der Waals surface area contributed by atoms with Crippen molar-refractivity contribution in [1.82, 2.24) is 10.6 Å². The molecule has 1 amide bonds. The van der Waals surface area contributed by atoms with Crippen molar-refractivity contribution in [3.05, 3.63) is 88.9 Å². The van der Waals surface area contributed by atoms with Crippen LogP contribution in [0, 0.1) is 0 Å². The van der Waals surface area contributed by atoms with Crippen LogP contribution in [0.2, 0.25) is 5.02 Å². The lowest BCUT2D eigenvalue weighted by Crippen LogP contribution is -2.44. The van der Waals surface area contributed by atoms with Gasteiger partial charge in [0.25, 0.3) is 15.9 Å². The first-order valence-corrected chi connectivity index (χ1v) is 12.5. The first kappa shape index (κ1) is 23.1. The fraction of sp³-hybridized carbons (Fsp3) is 0.208. The van der Waals surface area contributed by atoms with E-state index in [0.29, 0.717) is 22.8 Å². The number of hydrogen-bond acceptors (Lipinski definition) is 5. The standard InChI is InChI=1S/C24H25ClN4O3S/c25-19-6-9-21(10-7-19)33(31,32)28-20-8-11-23(29-14-12-26-13-15-29)22(16-20)24(30)27-17-18-4-2-1-3-5-18/h1-11,16,26,28H,12-15,17H2,(H,27,30). The molecule has 7 nitrogen and oxygen atoms in total. The van der Waals surface area contributed by atoms with Crippen LogP contribution in [0.15, 0.2) is 77.7 Å². The molecule has 1 fully saturated rings. The smallest absolute Gasteiger partial charge is 0.261 e. The van der Waals surface area contributed by atoms with E-state index in [-0.39, 0.29) is 10.8 Å². The molecule has 33 heavy (non-hydrogen) atoms. The Morgan fingerprint density at radius 2 is 1.67 bits per heavy atom. The molecule has 4 rings (SSSR count). The zero-order valence-corrected chi connectivity index (χ0v) is 19.5. The van der Waals surface area contributed by atoms with Crippen molar-refractivity contribution >= 4 is 38.9 Å². The van der Waals surface area contributed by atoms with Gasteiger partial charge in [0.15, 0.2) is 0 Å². The summed E-state index contributed by atoms with van der Waals surface area (Å²) in [4.78, 5) is 15.4. The Balaban J connectivity index is 1.61. The second kappa shape index (κ2) is 10.2. The lowest BCUT2D eigenvalue weighted by Gasteiger charge is -2.31. The minimum atomic E-state index is -3.83. The summed E-state index contributed by atoms with van der Waals surface area (Å²) in [6, 6.07) is 20.6. The van der Waals surface area contributed by atoms with Gasteiger partial charge in [-0.1, -0.05) is 41.9 Å². The van der Waals surface area contributed by atoms with Crippen LogP contribution in [-0.2, 0) is 16.6 Å². The molecule has 1 aliphatic rings. The summed E-state index contributed by atoms with van der Waals surface area (Å²) < 4.78 is 28.2. The van der Waals surface area contributed by atoms with E-state index in [0.717, 1.165) is 37.4 Å². The fourth-order valence-electron chi connectivity index (χ4n) is 3.66. The average molecular weight is 485 g/mol. The predicted molar refractivity (Wildman–Crippen MR) is 131 cm³/mol. The second-order valence-electron chi connectivity index (χ2n) is 7.70. The van der Waals surface area contributed by atoms with E-state index in [4.69, 9.17) is 11.6 Å². The third-order valence-electron chi connectivity index (χ3n) is 5.37. The first-order chi connectivity index (χ1) is 15.9. The lowest BCUT2D eigenvalue weighted by atomic mass is 10.1. The number of benzene rings is 3. The Hall–Kier alpha value is -3.07. The Kier molecular flexibility index (Phi) is 7.17. The fourth-order valence-corrected chi connectivity index (χ4v) is 4.84. The number of nitrogens with zero attached hydrogens (tertiary/aromatic N) is 1. The third-order valence-corrected chi connectivity index (χ3v) is 7.02. The van der Waals surface area contributed by atoms with Crippen LogP contribution in [0.1, 0.15) is 15.9 Å². The summed E-state index contributed by atoms with van der Waals surface area (Å²) in [5, 5.41) is 6.70. The van der Waals surface area contributed by atoms with Gasteiger partial charge < -0.3 is 15.5 Å². The predicted octanol–water partition coefficient (Wildman–Crippen LogP) is 3.48. The second-order valence-corrected chi connectivity index (χ2v) is 9.82. The summed E-state index contributed by atoms with van der Waals surface area (Å²) in [5.74, 6) is -0.264. The Morgan fingerprint density at radius 1 is 0.970 bits per heavy atom. The van der Waals surface area contributed by atoms with E-state index in [1.807, 2.05) is 30.3 Å². The summed E-state index contributed by atoms with van der Waals surface area (Å²) in [7, 11) is -3.83. The highest BCUT2D eigenvalue weighted by Gasteiger charge is 2.21. The van der Waals surface area contributed by atoms with E-state index in [2.05, 4.69) is 20.3 Å². The summed E-state index contributed by atoms with van der Waals surface area (Å²) in [6.07, 6.45) is 0. The molecular weight excluding hydrogens is 460 g/mol. The Labute approximate surface area is 198 Å². The van der Waals surface area contributed by atoms with Crippen LogP contribution in [0.5, 0.6) is 0 Å². The maximum Gasteiger partial charge on any atom is 0.261 e. The molecule has 0 spiro atoms. The highest BCUT2D eigenvalue weighted by Crippen LogP contribution is 2.27. The van der Waals surface area contributed by atoms with E-state index >= 15 is 0 Å². The largest absolute Gasteiger partial charge is 0.368 e. The van der Waals surface area contributed by atoms with Gasteiger partial charge in [-0.2, -0.15) is 0 Å². The molecule has 9 heteroatoms. The quantitative estimate of drug-likeness (QED) is 0.477. The number of amides is 1. The van der Waals surface area contributed by atoms with Crippen molar-refractivity contribution < 1.29 is 13.2 Å². The third kappa shape index (κ3) is 5.84. The van der Waals surface area contributed by atoms with Crippen LogP contribution >= 0.6 is 11.6 Å². The lowest BCUT2D eigenvalue weighted by molar-refractivity contribution is 0.0951. The number of halogens is 1. The maximum absolute atomic E-state index is 13.2. The van der Waals surface area contributed by atoms with Crippen molar-refractivity contribution in [2.75, 3.05) is 35.8 Å². The van der Waals surface area contributed by atoms with Crippen LogP contribution in [0.3, 0.4) is 0 Å². The number of carbonyl (C=O) groups is 1. The minimum Gasteiger partial charge on any atom is -0.368 e. The molecule has 3 aromatic rings. The Morgan fingerprint density at radius 3 is 2.36 bits per heavy atom. The van der Waals surface area contributed by atoms with Crippen molar-refractivity contribution in [3.63, 3.8) is 0 Å². The Bertz CT molecular complexity index is 1210. The number of anilines is 2. The summed E-state index contributed by atoms with van der Waals surface area (Å²) >= 11 is 5.87. The number of piperazine rings is 1. The zero-order valence-electron chi connectivity index (χ0n) is 17.9. The van der Waals surface area contributed by atoms with Gasteiger partial charge in [0.1, 0.15) is 0 Å². The summed E-state index contributed by atoms with van der Waals surface area (Å²) in [6.45, 7) is 3.52. The molecule has 0 atom stereocenters. The highest BCUT2D eigenvalue weighted by atomic mass is 35.5. The van der Waals surface area contributed by atoms with Gasteiger partial charge in [0, 0.05) is 49.1 Å². The topological polar surface area (TPSA) is 90.5 Å². The van der Waals surface area contributed by atoms with E-state index < -0.39 is 10.0 Å². The molecule has 0 saturated carbocycles. The molecule has 1 saturated heterocycles. The van der Waals surface area contributed by atoms with Crippen LogP contribution in [0.4, 0.5) is 11.4 Å². The van der Waals surface area contributed by atoms with E-state index in [9.17, 15) is 13.2 Å². The summed E-state index contributed by atoms with van der Waals surface area (Å²) in [5.41, 5.74) is 2.49. The molecule has 3 N–H and O–H groups in total. The van der Waals surface area contributed by atoms with Gasteiger partial charge in [0.05, 0.1) is 10.5 Å². The number of sulfonamides is 1. The van der Waals surface area contributed by atoms with Gasteiger partial charge in [-0.3, -0.25) is 9.52 Å².